The second kappa shape index (κ2) is 5.80. The zero-order valence-corrected chi connectivity index (χ0v) is 10.5. The zero-order valence-electron chi connectivity index (χ0n) is 10.5. The highest BCUT2D eigenvalue weighted by Crippen LogP contribution is 2.21. The van der Waals surface area contributed by atoms with Gasteiger partial charge >= 0.3 is 0 Å². The molecule has 0 aromatic rings. The highest BCUT2D eigenvalue weighted by Gasteiger charge is 2.35. The van der Waals surface area contributed by atoms with Crippen LogP contribution in [0.1, 0.15) is 25.7 Å². The maximum absolute atomic E-state index is 11.9. The summed E-state index contributed by atoms with van der Waals surface area (Å²) in [5, 5.41) is 6.22. The lowest BCUT2D eigenvalue weighted by Crippen LogP contribution is -2.51. The fourth-order valence-electron chi connectivity index (χ4n) is 2.41. The first-order valence-corrected chi connectivity index (χ1v) is 6.40. The predicted octanol–water partition coefficient (Wildman–Crippen LogP) is 0.0502. The van der Waals surface area contributed by atoms with Crippen molar-refractivity contribution in [3.05, 3.63) is 0 Å². The van der Waals surface area contributed by atoms with Crippen LogP contribution in [0.5, 0.6) is 0 Å². The van der Waals surface area contributed by atoms with Gasteiger partial charge in [0.25, 0.3) is 0 Å². The van der Waals surface area contributed by atoms with E-state index >= 15 is 0 Å². The van der Waals surface area contributed by atoms with Crippen molar-refractivity contribution in [1.29, 1.82) is 0 Å². The number of rotatable bonds is 4. The van der Waals surface area contributed by atoms with Crippen LogP contribution in [0.2, 0.25) is 0 Å². The van der Waals surface area contributed by atoms with Crippen LogP contribution in [0.3, 0.4) is 0 Å². The highest BCUT2D eigenvalue weighted by atomic mass is 16.5. The summed E-state index contributed by atoms with van der Waals surface area (Å²) in [6, 6.07) is -0.0278. The number of hydrogen-bond acceptors (Lipinski definition) is 4. The van der Waals surface area contributed by atoms with Crippen LogP contribution in [0.4, 0.5) is 0 Å². The first-order valence-electron chi connectivity index (χ1n) is 6.40. The molecule has 2 aliphatic heterocycles. The highest BCUT2D eigenvalue weighted by molar-refractivity contribution is 5.81. The molecule has 5 heteroatoms. The lowest BCUT2D eigenvalue weighted by molar-refractivity contribution is -0.125. The van der Waals surface area contributed by atoms with E-state index in [4.69, 9.17) is 9.47 Å². The fraction of sp³-hybridized carbons (Fsp3) is 0.917. The van der Waals surface area contributed by atoms with Crippen molar-refractivity contribution in [2.75, 3.05) is 33.4 Å². The Kier molecular flexibility index (Phi) is 4.36. The summed E-state index contributed by atoms with van der Waals surface area (Å²) < 4.78 is 10.8. The SMILES string of the molecule is COC1(CNC(=O)[C@H]2CCCCN2)CCOC1. The van der Waals surface area contributed by atoms with Gasteiger partial charge in [0.15, 0.2) is 0 Å². The molecular formula is C12H22N2O3. The van der Waals surface area contributed by atoms with Gasteiger partial charge in [0.2, 0.25) is 5.91 Å². The van der Waals surface area contributed by atoms with E-state index in [0.717, 1.165) is 25.8 Å². The number of hydrogen-bond donors (Lipinski definition) is 2. The van der Waals surface area contributed by atoms with E-state index in [1.807, 2.05) is 0 Å². The Morgan fingerprint density at radius 2 is 2.47 bits per heavy atom. The second-order valence-electron chi connectivity index (χ2n) is 4.91. The fourth-order valence-corrected chi connectivity index (χ4v) is 2.41. The van der Waals surface area contributed by atoms with Crippen molar-refractivity contribution < 1.29 is 14.3 Å². The van der Waals surface area contributed by atoms with Crippen molar-refractivity contribution in [3.63, 3.8) is 0 Å². The van der Waals surface area contributed by atoms with Crippen LogP contribution in [0.15, 0.2) is 0 Å². The minimum absolute atomic E-state index is 0.0278. The largest absolute Gasteiger partial charge is 0.378 e. The van der Waals surface area contributed by atoms with Gasteiger partial charge < -0.3 is 20.1 Å². The molecule has 2 rings (SSSR count). The Bertz CT molecular complexity index is 258. The Hall–Kier alpha value is -0.650. The minimum atomic E-state index is -0.315. The topological polar surface area (TPSA) is 59.6 Å². The molecule has 2 fully saturated rings. The normalized spacial score (nSPS) is 33.6. The van der Waals surface area contributed by atoms with Crippen LogP contribution in [-0.4, -0.2) is 51.0 Å². The van der Waals surface area contributed by atoms with Crippen LogP contribution in [0, 0.1) is 0 Å². The van der Waals surface area contributed by atoms with E-state index in [-0.39, 0.29) is 17.6 Å². The molecule has 0 spiro atoms. The molecule has 2 N–H and O–H groups in total. The molecule has 0 radical (unpaired) electrons. The molecule has 1 unspecified atom stereocenters. The standard InChI is InChI=1S/C12H22N2O3/c1-16-12(5-7-17-9-12)8-14-11(15)10-4-2-3-6-13-10/h10,13H,2-9H2,1H3,(H,14,15)/t10-,12?/m1/s1. The monoisotopic (exact) mass is 242 g/mol. The van der Waals surface area contributed by atoms with Crippen molar-refractivity contribution in [2.45, 2.75) is 37.3 Å². The van der Waals surface area contributed by atoms with Gasteiger partial charge in [0.1, 0.15) is 5.60 Å². The number of carbonyl (C=O) groups excluding carboxylic acids is 1. The van der Waals surface area contributed by atoms with Gasteiger partial charge in [-0.05, 0) is 19.4 Å². The van der Waals surface area contributed by atoms with Crippen LogP contribution in [-0.2, 0) is 14.3 Å². The Balaban J connectivity index is 1.78. The minimum Gasteiger partial charge on any atom is -0.378 e. The molecule has 5 nitrogen and oxygen atoms in total. The predicted molar refractivity (Wildman–Crippen MR) is 63.8 cm³/mol. The molecule has 17 heavy (non-hydrogen) atoms. The Morgan fingerprint density at radius 1 is 1.59 bits per heavy atom. The van der Waals surface area contributed by atoms with E-state index in [9.17, 15) is 4.79 Å². The van der Waals surface area contributed by atoms with Crippen molar-refractivity contribution in [3.8, 4) is 0 Å². The van der Waals surface area contributed by atoms with Crippen molar-refractivity contribution in [1.82, 2.24) is 10.6 Å². The van der Waals surface area contributed by atoms with Gasteiger partial charge in [-0.2, -0.15) is 0 Å². The third kappa shape index (κ3) is 3.18. The molecule has 2 heterocycles. The van der Waals surface area contributed by atoms with Crippen LogP contribution in [0.25, 0.3) is 0 Å². The molecule has 1 amide bonds. The average molecular weight is 242 g/mol. The Labute approximate surface area is 102 Å². The summed E-state index contributed by atoms with van der Waals surface area (Å²) in [5.74, 6) is 0.0908. The number of methoxy groups -OCH3 is 1. The molecule has 0 bridgehead atoms. The summed E-state index contributed by atoms with van der Waals surface area (Å²) in [7, 11) is 1.68. The molecule has 0 saturated carbocycles. The first-order chi connectivity index (χ1) is 8.26. The summed E-state index contributed by atoms with van der Waals surface area (Å²) in [6.45, 7) is 2.77. The van der Waals surface area contributed by atoms with E-state index in [2.05, 4.69) is 10.6 Å². The summed E-state index contributed by atoms with van der Waals surface area (Å²) in [6.07, 6.45) is 4.08. The molecule has 0 aromatic heterocycles. The quantitative estimate of drug-likeness (QED) is 0.731. The maximum atomic E-state index is 11.9. The molecule has 2 aliphatic rings. The average Bonchev–Trinajstić information content (AvgIpc) is 2.86. The number of carbonyl (C=O) groups is 1. The van der Waals surface area contributed by atoms with E-state index in [1.54, 1.807) is 7.11 Å². The number of amides is 1. The van der Waals surface area contributed by atoms with E-state index < -0.39 is 0 Å². The van der Waals surface area contributed by atoms with Gasteiger partial charge in [-0.1, -0.05) is 6.42 Å². The van der Waals surface area contributed by atoms with Crippen LogP contribution < -0.4 is 10.6 Å². The molecule has 2 atom stereocenters. The summed E-state index contributed by atoms with van der Waals surface area (Å²) >= 11 is 0. The first kappa shape index (κ1) is 12.8. The lowest BCUT2D eigenvalue weighted by Gasteiger charge is -2.28. The van der Waals surface area contributed by atoms with Crippen LogP contribution >= 0.6 is 0 Å². The van der Waals surface area contributed by atoms with Crippen molar-refractivity contribution >= 4 is 5.91 Å². The number of piperidine rings is 1. The molecule has 2 saturated heterocycles. The summed E-state index contributed by atoms with van der Waals surface area (Å²) in [4.78, 5) is 11.9. The molecule has 0 aliphatic carbocycles. The smallest absolute Gasteiger partial charge is 0.237 e. The molecule has 98 valence electrons. The van der Waals surface area contributed by atoms with Gasteiger partial charge in [-0.15, -0.1) is 0 Å². The van der Waals surface area contributed by atoms with Gasteiger partial charge in [-0.25, -0.2) is 0 Å². The number of nitrogens with one attached hydrogen (secondary N) is 2. The van der Waals surface area contributed by atoms with E-state index in [0.29, 0.717) is 19.8 Å². The molecule has 0 aromatic carbocycles. The van der Waals surface area contributed by atoms with Gasteiger partial charge in [0, 0.05) is 26.7 Å². The lowest BCUT2D eigenvalue weighted by atomic mass is 10.0. The molecular weight excluding hydrogens is 220 g/mol. The van der Waals surface area contributed by atoms with Gasteiger partial charge in [-0.3, -0.25) is 4.79 Å². The van der Waals surface area contributed by atoms with Crippen molar-refractivity contribution in [2.24, 2.45) is 0 Å². The third-order valence-corrected chi connectivity index (χ3v) is 3.71. The van der Waals surface area contributed by atoms with E-state index in [1.165, 1.54) is 6.42 Å². The Morgan fingerprint density at radius 3 is 3.06 bits per heavy atom. The second-order valence-corrected chi connectivity index (χ2v) is 4.91. The van der Waals surface area contributed by atoms with Gasteiger partial charge in [0.05, 0.1) is 12.6 Å². The third-order valence-electron chi connectivity index (χ3n) is 3.71. The maximum Gasteiger partial charge on any atom is 0.237 e. The zero-order chi connectivity index (χ0) is 12.1. The summed E-state index contributed by atoms with van der Waals surface area (Å²) in [5.41, 5.74) is -0.315. The number of ether oxygens (including phenoxy) is 2.